The van der Waals surface area contributed by atoms with E-state index in [-0.39, 0.29) is 0 Å². The zero-order valence-electron chi connectivity index (χ0n) is 9.67. The average molecular weight is 243 g/mol. The minimum atomic E-state index is -0.532. The molecule has 92 valence electrons. The summed E-state index contributed by atoms with van der Waals surface area (Å²) >= 11 is 0. The molecule has 3 N–H and O–H groups in total. The third kappa shape index (κ3) is 1.69. The number of nitrogens with one attached hydrogen (secondary N) is 1. The van der Waals surface area contributed by atoms with Crippen molar-refractivity contribution < 1.29 is 9.53 Å². The highest BCUT2D eigenvalue weighted by Gasteiger charge is 2.31. The van der Waals surface area contributed by atoms with Crippen molar-refractivity contribution in [2.24, 2.45) is 5.73 Å². The van der Waals surface area contributed by atoms with Gasteiger partial charge in [0.2, 0.25) is 0 Å². The number of H-pyrrole nitrogens is 1. The summed E-state index contributed by atoms with van der Waals surface area (Å²) in [5, 5.41) is 0. The van der Waals surface area contributed by atoms with Gasteiger partial charge in [-0.05, 0) is 23.8 Å². The number of carbonyl (C=O) groups excluding carboxylic acids is 1. The van der Waals surface area contributed by atoms with E-state index in [1.54, 1.807) is 12.3 Å². The second-order valence-corrected chi connectivity index (χ2v) is 4.15. The second-order valence-electron chi connectivity index (χ2n) is 4.15. The second kappa shape index (κ2) is 4.10. The Balaban J connectivity index is 1.89. The maximum atomic E-state index is 11.6. The smallest absolute Gasteiger partial charge is 0.323 e. The van der Waals surface area contributed by atoms with Gasteiger partial charge in [0.15, 0.2) is 6.23 Å². The standard InChI is InChI=1S/C13H13N3O2/c14-13(17)16(11-6-3-7-15-11)12-8-9-4-1-2-5-10(9)18-12/h1-7,12,15H,8H2,(H2,14,17). The Kier molecular flexibility index (Phi) is 2.44. The van der Waals surface area contributed by atoms with Crippen molar-refractivity contribution in [3.05, 3.63) is 48.2 Å². The van der Waals surface area contributed by atoms with Crippen LogP contribution in [0.3, 0.4) is 0 Å². The molecule has 5 heteroatoms. The number of nitrogens with two attached hydrogens (primary N) is 1. The van der Waals surface area contributed by atoms with Gasteiger partial charge in [0.1, 0.15) is 11.6 Å². The first kappa shape index (κ1) is 10.7. The number of fused-ring (bicyclic) bond motifs is 1. The van der Waals surface area contributed by atoms with Crippen molar-refractivity contribution in [3.8, 4) is 5.75 Å². The van der Waals surface area contributed by atoms with E-state index < -0.39 is 12.3 Å². The molecule has 5 nitrogen and oxygen atoms in total. The summed E-state index contributed by atoms with van der Waals surface area (Å²) in [6.07, 6.45) is 1.99. The molecule has 1 unspecified atom stereocenters. The van der Waals surface area contributed by atoms with Crippen molar-refractivity contribution in [3.63, 3.8) is 0 Å². The van der Waals surface area contributed by atoms with Crippen LogP contribution in [0.5, 0.6) is 5.75 Å². The summed E-state index contributed by atoms with van der Waals surface area (Å²) in [5.74, 6) is 1.45. The lowest BCUT2D eigenvalue weighted by Crippen LogP contribution is -2.46. The highest BCUT2D eigenvalue weighted by atomic mass is 16.5. The molecule has 0 radical (unpaired) electrons. The zero-order chi connectivity index (χ0) is 12.5. The van der Waals surface area contributed by atoms with Crippen LogP contribution in [0.25, 0.3) is 0 Å². The van der Waals surface area contributed by atoms with E-state index in [9.17, 15) is 4.79 Å². The summed E-state index contributed by atoms with van der Waals surface area (Å²) in [4.78, 5) is 16.0. The van der Waals surface area contributed by atoms with Gasteiger partial charge in [-0.3, -0.25) is 0 Å². The van der Waals surface area contributed by atoms with Gasteiger partial charge in [-0.25, -0.2) is 9.69 Å². The molecular formula is C13H13N3O2. The molecule has 0 saturated carbocycles. The van der Waals surface area contributed by atoms with Gasteiger partial charge in [-0.2, -0.15) is 0 Å². The Bertz CT molecular complexity index is 540. The Labute approximate surface area is 104 Å². The number of hydrogen-bond donors (Lipinski definition) is 2. The summed E-state index contributed by atoms with van der Waals surface area (Å²) in [7, 11) is 0. The van der Waals surface area contributed by atoms with E-state index in [2.05, 4.69) is 4.98 Å². The minimum absolute atomic E-state index is 0.390. The number of urea groups is 1. The number of amides is 2. The number of hydrogen-bond acceptors (Lipinski definition) is 2. The molecule has 3 rings (SSSR count). The van der Waals surface area contributed by atoms with Crippen LogP contribution in [-0.4, -0.2) is 17.2 Å². The van der Waals surface area contributed by atoms with Gasteiger partial charge in [-0.15, -0.1) is 0 Å². The maximum absolute atomic E-state index is 11.6. The van der Waals surface area contributed by atoms with Crippen LogP contribution in [0.15, 0.2) is 42.6 Å². The number of ether oxygens (including phenoxy) is 1. The molecule has 2 aromatic rings. The van der Waals surface area contributed by atoms with E-state index in [1.807, 2.05) is 30.3 Å². The molecule has 0 spiro atoms. The van der Waals surface area contributed by atoms with Crippen molar-refractivity contribution >= 4 is 11.8 Å². The van der Waals surface area contributed by atoms with Gasteiger partial charge in [0, 0.05) is 12.6 Å². The number of aromatic nitrogens is 1. The molecule has 1 atom stereocenters. The van der Waals surface area contributed by atoms with Gasteiger partial charge in [-0.1, -0.05) is 18.2 Å². The Morgan fingerprint density at radius 3 is 2.83 bits per heavy atom. The van der Waals surface area contributed by atoms with Crippen molar-refractivity contribution in [1.82, 2.24) is 4.98 Å². The number of benzene rings is 1. The molecule has 1 aromatic heterocycles. The third-order valence-electron chi connectivity index (χ3n) is 3.00. The SMILES string of the molecule is NC(=O)N(c1ccc[nH]1)C1Cc2ccccc2O1. The number of aromatic amines is 1. The molecule has 1 aliphatic rings. The fraction of sp³-hybridized carbons (Fsp3) is 0.154. The number of nitrogens with zero attached hydrogens (tertiary/aromatic N) is 1. The third-order valence-corrected chi connectivity index (χ3v) is 3.00. The number of anilines is 1. The van der Waals surface area contributed by atoms with Crippen LogP contribution in [0.4, 0.5) is 10.6 Å². The van der Waals surface area contributed by atoms with E-state index in [0.29, 0.717) is 12.2 Å². The lowest BCUT2D eigenvalue weighted by Gasteiger charge is -2.25. The predicted molar refractivity (Wildman–Crippen MR) is 67.4 cm³/mol. The van der Waals surface area contributed by atoms with Gasteiger partial charge >= 0.3 is 6.03 Å². The quantitative estimate of drug-likeness (QED) is 0.845. The summed E-state index contributed by atoms with van der Waals surface area (Å²) in [6, 6.07) is 10.8. The molecule has 1 aromatic carbocycles. The molecule has 0 saturated heterocycles. The Morgan fingerprint density at radius 1 is 1.33 bits per heavy atom. The molecule has 2 heterocycles. The average Bonchev–Trinajstić information content (AvgIpc) is 2.97. The van der Waals surface area contributed by atoms with E-state index in [1.165, 1.54) is 4.90 Å². The summed E-state index contributed by atoms with van der Waals surface area (Å²) < 4.78 is 5.76. The maximum Gasteiger partial charge on any atom is 0.323 e. The van der Waals surface area contributed by atoms with Gasteiger partial charge in [0.05, 0.1) is 0 Å². The van der Waals surface area contributed by atoms with Crippen LogP contribution in [0.1, 0.15) is 5.56 Å². The molecule has 2 amide bonds. The van der Waals surface area contributed by atoms with Crippen LogP contribution in [-0.2, 0) is 6.42 Å². The first-order valence-corrected chi connectivity index (χ1v) is 5.72. The molecule has 0 aliphatic carbocycles. The van der Waals surface area contributed by atoms with Crippen LogP contribution >= 0.6 is 0 Å². The van der Waals surface area contributed by atoms with E-state index >= 15 is 0 Å². The fourth-order valence-corrected chi connectivity index (χ4v) is 2.19. The first-order valence-electron chi connectivity index (χ1n) is 5.72. The van der Waals surface area contributed by atoms with Gasteiger partial charge in [0.25, 0.3) is 0 Å². The highest BCUT2D eigenvalue weighted by Crippen LogP contribution is 2.31. The molecule has 0 fully saturated rings. The molecular weight excluding hydrogens is 230 g/mol. The van der Waals surface area contributed by atoms with Crippen molar-refractivity contribution in [2.45, 2.75) is 12.6 Å². The number of para-hydroxylation sites is 1. The highest BCUT2D eigenvalue weighted by molar-refractivity contribution is 5.90. The number of primary amides is 1. The Morgan fingerprint density at radius 2 is 2.17 bits per heavy atom. The zero-order valence-corrected chi connectivity index (χ0v) is 9.67. The van der Waals surface area contributed by atoms with Crippen LogP contribution < -0.4 is 15.4 Å². The van der Waals surface area contributed by atoms with E-state index in [0.717, 1.165) is 11.3 Å². The number of rotatable bonds is 2. The summed E-state index contributed by atoms with van der Waals surface area (Å²) in [5.41, 5.74) is 6.51. The molecule has 18 heavy (non-hydrogen) atoms. The first-order chi connectivity index (χ1) is 8.75. The Hall–Kier alpha value is -2.43. The minimum Gasteiger partial charge on any atom is -0.469 e. The van der Waals surface area contributed by atoms with Crippen molar-refractivity contribution in [2.75, 3.05) is 4.90 Å². The molecule has 0 bridgehead atoms. The summed E-state index contributed by atoms with van der Waals surface area (Å²) in [6.45, 7) is 0. The normalized spacial score (nSPS) is 17.0. The number of carbonyl (C=O) groups is 1. The topological polar surface area (TPSA) is 71.4 Å². The lowest BCUT2D eigenvalue weighted by atomic mass is 10.1. The predicted octanol–water partition coefficient (Wildman–Crippen LogP) is 1.86. The lowest BCUT2D eigenvalue weighted by molar-refractivity contribution is 0.211. The van der Waals surface area contributed by atoms with E-state index in [4.69, 9.17) is 10.5 Å². The monoisotopic (exact) mass is 243 g/mol. The van der Waals surface area contributed by atoms with Crippen LogP contribution in [0, 0.1) is 0 Å². The van der Waals surface area contributed by atoms with Crippen LogP contribution in [0.2, 0.25) is 0 Å². The fourth-order valence-electron chi connectivity index (χ4n) is 2.19. The largest absolute Gasteiger partial charge is 0.469 e. The van der Waals surface area contributed by atoms with Gasteiger partial charge < -0.3 is 15.5 Å². The molecule has 1 aliphatic heterocycles. The van der Waals surface area contributed by atoms with Crippen molar-refractivity contribution in [1.29, 1.82) is 0 Å².